The zero-order chi connectivity index (χ0) is 15.5. The molecule has 0 bridgehead atoms. The van der Waals surface area contributed by atoms with Crippen molar-refractivity contribution in [2.24, 2.45) is 5.41 Å². The van der Waals surface area contributed by atoms with Crippen molar-refractivity contribution in [3.05, 3.63) is 29.8 Å². The van der Waals surface area contributed by atoms with Gasteiger partial charge in [0.15, 0.2) is 5.78 Å². The Morgan fingerprint density at radius 2 is 2.00 bits per heavy atom. The summed E-state index contributed by atoms with van der Waals surface area (Å²) >= 11 is 0. The molecule has 0 amide bonds. The molecule has 0 heterocycles. The van der Waals surface area contributed by atoms with Crippen LogP contribution in [0.5, 0.6) is 0 Å². The van der Waals surface area contributed by atoms with Crippen molar-refractivity contribution >= 4 is 15.8 Å². The molecule has 1 aromatic carbocycles. The Morgan fingerprint density at radius 3 is 2.57 bits per heavy atom. The highest BCUT2D eigenvalue weighted by Gasteiger charge is 2.42. The van der Waals surface area contributed by atoms with Crippen molar-refractivity contribution < 1.29 is 13.2 Å². The SMILES string of the molecule is CCCC1(CNS(=O)(=O)c2cccc(C(=O)CC)c2)CC1. The third kappa shape index (κ3) is 3.92. The second kappa shape index (κ2) is 6.28. The van der Waals surface area contributed by atoms with Crippen LogP contribution in [0.4, 0.5) is 0 Å². The highest BCUT2D eigenvalue weighted by atomic mass is 32.2. The second-order valence-electron chi connectivity index (χ2n) is 5.88. The summed E-state index contributed by atoms with van der Waals surface area (Å²) < 4.78 is 27.4. The van der Waals surface area contributed by atoms with Gasteiger partial charge in [-0.15, -0.1) is 0 Å². The van der Waals surface area contributed by atoms with Gasteiger partial charge in [0.1, 0.15) is 0 Å². The fourth-order valence-electron chi connectivity index (χ4n) is 2.59. The molecule has 0 aromatic heterocycles. The monoisotopic (exact) mass is 309 g/mol. The minimum atomic E-state index is -3.54. The van der Waals surface area contributed by atoms with Crippen molar-refractivity contribution in [3.63, 3.8) is 0 Å². The maximum absolute atomic E-state index is 12.4. The fraction of sp³-hybridized carbons (Fsp3) is 0.562. The van der Waals surface area contributed by atoms with Crippen LogP contribution in [0.15, 0.2) is 29.2 Å². The average molecular weight is 309 g/mol. The van der Waals surface area contributed by atoms with Crippen molar-refractivity contribution in [1.82, 2.24) is 4.72 Å². The number of hydrogen-bond donors (Lipinski definition) is 1. The lowest BCUT2D eigenvalue weighted by Crippen LogP contribution is -2.30. The van der Waals surface area contributed by atoms with E-state index in [0.29, 0.717) is 18.5 Å². The Balaban J connectivity index is 2.11. The zero-order valence-electron chi connectivity index (χ0n) is 12.7. The van der Waals surface area contributed by atoms with Gasteiger partial charge in [0.25, 0.3) is 0 Å². The minimum absolute atomic E-state index is 0.0447. The van der Waals surface area contributed by atoms with E-state index < -0.39 is 10.0 Å². The summed E-state index contributed by atoms with van der Waals surface area (Å²) in [6, 6.07) is 6.28. The Hall–Kier alpha value is -1.20. The number of rotatable bonds is 8. The molecular weight excluding hydrogens is 286 g/mol. The first-order valence-electron chi connectivity index (χ1n) is 7.55. The molecule has 0 radical (unpaired) electrons. The number of carbonyl (C=O) groups is 1. The Kier molecular flexibility index (Phi) is 4.84. The van der Waals surface area contributed by atoms with Crippen LogP contribution in [0, 0.1) is 5.41 Å². The molecule has 2 rings (SSSR count). The number of Topliss-reactive ketones (excluding diaryl/α,β-unsaturated/α-hetero) is 1. The first-order valence-corrected chi connectivity index (χ1v) is 9.04. The van der Waals surface area contributed by atoms with Crippen LogP contribution in [0.1, 0.15) is 56.3 Å². The first-order chi connectivity index (χ1) is 9.92. The summed E-state index contributed by atoms with van der Waals surface area (Å²) in [6.45, 7) is 4.38. The van der Waals surface area contributed by atoms with Gasteiger partial charge in [-0.1, -0.05) is 32.4 Å². The van der Waals surface area contributed by atoms with Crippen LogP contribution in [-0.4, -0.2) is 20.7 Å². The molecule has 1 aliphatic carbocycles. The molecule has 1 fully saturated rings. The molecular formula is C16H23NO3S. The van der Waals surface area contributed by atoms with Gasteiger partial charge < -0.3 is 0 Å². The number of hydrogen-bond acceptors (Lipinski definition) is 3. The summed E-state index contributed by atoms with van der Waals surface area (Å²) in [4.78, 5) is 11.9. The van der Waals surface area contributed by atoms with Gasteiger partial charge in [-0.05, 0) is 36.8 Å². The molecule has 5 heteroatoms. The standard InChI is InChI=1S/C16H23NO3S/c1-3-8-16(9-10-16)12-17-21(19,20)14-7-5-6-13(11-14)15(18)4-2/h5-7,11,17H,3-4,8-10,12H2,1-2H3. The third-order valence-electron chi connectivity index (χ3n) is 4.16. The zero-order valence-corrected chi connectivity index (χ0v) is 13.5. The van der Waals surface area contributed by atoms with Crippen LogP contribution in [0.25, 0.3) is 0 Å². The highest BCUT2D eigenvalue weighted by Crippen LogP contribution is 2.49. The Labute approximate surface area is 127 Å². The highest BCUT2D eigenvalue weighted by molar-refractivity contribution is 7.89. The summed E-state index contributed by atoms with van der Waals surface area (Å²) in [5.74, 6) is -0.0447. The maximum atomic E-state index is 12.4. The maximum Gasteiger partial charge on any atom is 0.240 e. The van der Waals surface area contributed by atoms with E-state index in [1.54, 1.807) is 19.1 Å². The van der Waals surface area contributed by atoms with Gasteiger partial charge in [-0.25, -0.2) is 13.1 Å². The van der Waals surface area contributed by atoms with Crippen LogP contribution in [0.3, 0.4) is 0 Å². The van der Waals surface area contributed by atoms with E-state index in [-0.39, 0.29) is 16.1 Å². The second-order valence-corrected chi connectivity index (χ2v) is 7.65. The number of benzene rings is 1. The first kappa shape index (κ1) is 16.2. The topological polar surface area (TPSA) is 63.2 Å². The van der Waals surface area contributed by atoms with Gasteiger partial charge in [-0.3, -0.25) is 4.79 Å². The molecule has 4 nitrogen and oxygen atoms in total. The molecule has 0 aliphatic heterocycles. The molecule has 1 aromatic rings. The normalized spacial score (nSPS) is 16.7. The molecule has 0 spiro atoms. The van der Waals surface area contributed by atoms with Gasteiger partial charge in [0.2, 0.25) is 10.0 Å². The van der Waals surface area contributed by atoms with E-state index in [1.165, 1.54) is 12.1 Å². The molecule has 21 heavy (non-hydrogen) atoms. The average Bonchev–Trinajstić information content (AvgIpc) is 3.25. The minimum Gasteiger partial charge on any atom is -0.294 e. The van der Waals surface area contributed by atoms with Crippen molar-refractivity contribution in [1.29, 1.82) is 0 Å². The van der Waals surface area contributed by atoms with E-state index in [0.717, 1.165) is 25.7 Å². The predicted octanol–water partition coefficient (Wildman–Crippen LogP) is 3.14. The molecule has 1 aliphatic rings. The van der Waals surface area contributed by atoms with Crippen LogP contribution < -0.4 is 4.72 Å². The number of sulfonamides is 1. The summed E-state index contributed by atoms with van der Waals surface area (Å²) in [5, 5.41) is 0. The fourth-order valence-corrected chi connectivity index (χ4v) is 3.80. The quantitative estimate of drug-likeness (QED) is 0.750. The molecule has 116 valence electrons. The van der Waals surface area contributed by atoms with E-state index in [1.807, 2.05) is 0 Å². The third-order valence-corrected chi connectivity index (χ3v) is 5.56. The van der Waals surface area contributed by atoms with Gasteiger partial charge >= 0.3 is 0 Å². The van der Waals surface area contributed by atoms with Gasteiger partial charge in [0.05, 0.1) is 4.90 Å². The lowest BCUT2D eigenvalue weighted by Gasteiger charge is -2.15. The van der Waals surface area contributed by atoms with E-state index in [2.05, 4.69) is 11.6 Å². The van der Waals surface area contributed by atoms with Gasteiger partial charge in [0, 0.05) is 18.5 Å². The number of ketones is 1. The van der Waals surface area contributed by atoms with E-state index in [4.69, 9.17) is 0 Å². The lowest BCUT2D eigenvalue weighted by atomic mass is 10.0. The number of nitrogens with one attached hydrogen (secondary N) is 1. The molecule has 0 saturated heterocycles. The van der Waals surface area contributed by atoms with Crippen LogP contribution in [0.2, 0.25) is 0 Å². The Morgan fingerprint density at radius 1 is 1.29 bits per heavy atom. The molecule has 1 saturated carbocycles. The number of carbonyl (C=O) groups excluding carboxylic acids is 1. The smallest absolute Gasteiger partial charge is 0.240 e. The summed E-state index contributed by atoms with van der Waals surface area (Å²) in [6.07, 6.45) is 4.69. The summed E-state index contributed by atoms with van der Waals surface area (Å²) in [7, 11) is -3.54. The Bertz CT molecular complexity index is 618. The largest absolute Gasteiger partial charge is 0.294 e. The molecule has 0 unspecified atom stereocenters. The molecule has 1 N–H and O–H groups in total. The van der Waals surface area contributed by atoms with Crippen LogP contribution >= 0.6 is 0 Å². The van der Waals surface area contributed by atoms with E-state index >= 15 is 0 Å². The summed E-state index contributed by atoms with van der Waals surface area (Å²) in [5.41, 5.74) is 0.619. The van der Waals surface area contributed by atoms with E-state index in [9.17, 15) is 13.2 Å². The lowest BCUT2D eigenvalue weighted by molar-refractivity contribution is 0.0988. The van der Waals surface area contributed by atoms with Crippen LogP contribution in [-0.2, 0) is 10.0 Å². The molecule has 0 atom stereocenters. The van der Waals surface area contributed by atoms with Gasteiger partial charge in [-0.2, -0.15) is 0 Å². The van der Waals surface area contributed by atoms with Crippen molar-refractivity contribution in [2.75, 3.05) is 6.54 Å². The van der Waals surface area contributed by atoms with Crippen molar-refractivity contribution in [3.8, 4) is 0 Å². The predicted molar refractivity (Wildman–Crippen MR) is 82.8 cm³/mol. The van der Waals surface area contributed by atoms with Crippen molar-refractivity contribution in [2.45, 2.75) is 50.8 Å².